The Morgan fingerprint density at radius 1 is 1.05 bits per heavy atom. The minimum atomic E-state index is -0.739. The molecule has 3 aromatic rings. The quantitative estimate of drug-likeness (QED) is 0.306. The molecule has 0 N–H and O–H groups in total. The lowest BCUT2D eigenvalue weighted by molar-refractivity contribution is -0.138. The first kappa shape index (κ1) is 26.7. The number of benzene rings is 2. The van der Waals surface area contributed by atoms with E-state index in [1.54, 1.807) is 44.4 Å². The predicted molar refractivity (Wildman–Crippen MR) is 144 cm³/mol. The number of carbonyl (C=O) groups is 1. The van der Waals surface area contributed by atoms with Gasteiger partial charge in [0.1, 0.15) is 12.4 Å². The predicted octanol–water partition coefficient (Wildman–Crippen LogP) is 3.00. The topological polar surface area (TPSA) is 97.6 Å². The lowest BCUT2D eigenvalue weighted by Crippen LogP contribution is -2.39. The number of aromatic nitrogens is 1. The average molecular weight is 537 g/mol. The molecule has 1 unspecified atom stereocenters. The number of nitrogens with zero attached hydrogens (tertiary/aromatic N) is 2. The van der Waals surface area contributed by atoms with Crippen LogP contribution in [0.25, 0.3) is 6.08 Å². The molecule has 0 fully saturated rings. The van der Waals surface area contributed by atoms with Gasteiger partial charge in [-0.25, -0.2) is 9.79 Å². The third-order valence-corrected chi connectivity index (χ3v) is 6.97. The molecule has 0 saturated heterocycles. The second-order valence-electron chi connectivity index (χ2n) is 8.20. The van der Waals surface area contributed by atoms with Crippen LogP contribution >= 0.6 is 11.3 Å². The molecule has 0 amide bonds. The van der Waals surface area contributed by atoms with E-state index >= 15 is 0 Å². The number of hydrogen-bond acceptors (Lipinski definition) is 9. The van der Waals surface area contributed by atoms with Crippen LogP contribution < -0.4 is 33.8 Å². The Labute approximate surface area is 223 Å². The van der Waals surface area contributed by atoms with Crippen LogP contribution in [0.2, 0.25) is 0 Å². The first-order chi connectivity index (χ1) is 18.4. The number of fused-ring (bicyclic) bond motifs is 1. The third-order valence-electron chi connectivity index (χ3n) is 5.99. The number of hydrogen-bond donors (Lipinski definition) is 0. The lowest BCUT2D eigenvalue weighted by atomic mass is 9.96. The van der Waals surface area contributed by atoms with Gasteiger partial charge in [-0.05, 0) is 48.4 Å². The summed E-state index contributed by atoms with van der Waals surface area (Å²) in [5.41, 5.74) is 1.84. The first-order valence-electron chi connectivity index (χ1n) is 11.6. The van der Waals surface area contributed by atoms with Gasteiger partial charge in [0.2, 0.25) is 5.75 Å². The zero-order chi connectivity index (χ0) is 27.4. The summed E-state index contributed by atoms with van der Waals surface area (Å²) in [7, 11) is 6.15. The fourth-order valence-electron chi connectivity index (χ4n) is 4.23. The summed E-state index contributed by atoms with van der Waals surface area (Å²) in [4.78, 5) is 32.0. The van der Waals surface area contributed by atoms with Crippen molar-refractivity contribution >= 4 is 23.4 Å². The summed E-state index contributed by atoms with van der Waals surface area (Å²) >= 11 is 1.22. The summed E-state index contributed by atoms with van der Waals surface area (Å²) < 4.78 is 28.9. The Hall–Kier alpha value is -4.31. The minimum absolute atomic E-state index is 0.0382. The van der Waals surface area contributed by atoms with E-state index in [1.807, 2.05) is 12.1 Å². The second-order valence-corrected chi connectivity index (χ2v) is 9.21. The van der Waals surface area contributed by atoms with Crippen molar-refractivity contribution in [2.75, 3.05) is 35.0 Å². The van der Waals surface area contributed by atoms with E-state index in [-0.39, 0.29) is 17.7 Å². The van der Waals surface area contributed by atoms with E-state index in [9.17, 15) is 9.59 Å². The summed E-state index contributed by atoms with van der Waals surface area (Å²) in [5, 5.41) is 0. The standard InChI is InChI=1S/C28H28N2O7S/c1-7-12-37-27(32)23-16(2)29-28-30(24(23)18-8-10-19(33-3)11-9-18)26(31)22(38-28)15-17-13-20(34-4)25(36-6)21(14-17)35-5/h7-11,13-15,24H,1,12H2,2-6H3/b22-15+. The molecule has 2 aromatic carbocycles. The molecule has 0 bridgehead atoms. The van der Waals surface area contributed by atoms with E-state index in [1.165, 1.54) is 43.3 Å². The highest BCUT2D eigenvalue weighted by atomic mass is 32.1. The third kappa shape index (κ3) is 4.95. The largest absolute Gasteiger partial charge is 0.497 e. The van der Waals surface area contributed by atoms with Crippen LogP contribution in [0, 0.1) is 0 Å². The van der Waals surface area contributed by atoms with Crippen molar-refractivity contribution in [3.05, 3.63) is 91.1 Å². The van der Waals surface area contributed by atoms with Gasteiger partial charge in [0.25, 0.3) is 5.56 Å². The Kier molecular flexibility index (Phi) is 8.02. The van der Waals surface area contributed by atoms with E-state index < -0.39 is 12.0 Å². The van der Waals surface area contributed by atoms with Crippen LogP contribution in [0.5, 0.6) is 23.0 Å². The number of carbonyl (C=O) groups excluding carboxylic acids is 1. The number of rotatable bonds is 9. The van der Waals surface area contributed by atoms with Crippen LogP contribution in [0.4, 0.5) is 0 Å². The van der Waals surface area contributed by atoms with Crippen molar-refractivity contribution < 1.29 is 28.5 Å². The van der Waals surface area contributed by atoms with Gasteiger partial charge in [0.15, 0.2) is 16.3 Å². The molecule has 38 heavy (non-hydrogen) atoms. The van der Waals surface area contributed by atoms with Crippen LogP contribution in [0.1, 0.15) is 24.1 Å². The smallest absolute Gasteiger partial charge is 0.338 e. The number of allylic oxidation sites excluding steroid dienone is 1. The van der Waals surface area contributed by atoms with E-state index in [2.05, 4.69) is 11.6 Å². The highest BCUT2D eigenvalue weighted by molar-refractivity contribution is 7.07. The molecule has 9 nitrogen and oxygen atoms in total. The number of thiazole rings is 1. The highest BCUT2D eigenvalue weighted by Gasteiger charge is 2.33. The molecule has 2 heterocycles. The van der Waals surface area contributed by atoms with Crippen LogP contribution in [-0.4, -0.2) is 45.6 Å². The molecule has 10 heteroatoms. The molecule has 198 valence electrons. The average Bonchev–Trinajstić information content (AvgIpc) is 3.24. The van der Waals surface area contributed by atoms with Gasteiger partial charge in [0, 0.05) is 0 Å². The van der Waals surface area contributed by atoms with Gasteiger partial charge in [-0.15, -0.1) is 0 Å². The second kappa shape index (κ2) is 11.4. The lowest BCUT2D eigenvalue weighted by Gasteiger charge is -2.24. The van der Waals surface area contributed by atoms with Crippen molar-refractivity contribution in [2.45, 2.75) is 13.0 Å². The maximum absolute atomic E-state index is 13.8. The number of methoxy groups -OCH3 is 4. The maximum Gasteiger partial charge on any atom is 0.338 e. The van der Waals surface area contributed by atoms with Gasteiger partial charge in [-0.1, -0.05) is 36.1 Å². The summed E-state index contributed by atoms with van der Waals surface area (Å²) in [6, 6.07) is 9.97. The molecule has 0 spiro atoms. The van der Waals surface area contributed by atoms with Gasteiger partial charge < -0.3 is 23.7 Å². The molecular formula is C28H28N2O7S. The Balaban J connectivity index is 1.93. The first-order valence-corrected chi connectivity index (χ1v) is 12.4. The molecule has 1 aliphatic rings. The van der Waals surface area contributed by atoms with Gasteiger partial charge in [-0.2, -0.15) is 0 Å². The SMILES string of the molecule is C=CCOC(=O)C1=C(C)N=c2s/c(=C/c3cc(OC)c(OC)c(OC)c3)c(=O)n2C1c1ccc(OC)cc1. The molecule has 0 saturated carbocycles. The number of ether oxygens (including phenoxy) is 5. The van der Waals surface area contributed by atoms with Gasteiger partial charge in [0.05, 0.1) is 50.3 Å². The van der Waals surface area contributed by atoms with Crippen LogP contribution in [-0.2, 0) is 9.53 Å². The molecule has 0 aliphatic carbocycles. The van der Waals surface area contributed by atoms with Gasteiger partial charge in [-0.3, -0.25) is 9.36 Å². The molecule has 1 atom stereocenters. The molecule has 1 aliphatic heterocycles. The number of esters is 1. The van der Waals surface area contributed by atoms with Crippen LogP contribution in [0.3, 0.4) is 0 Å². The molecule has 1 aromatic heterocycles. The molecular weight excluding hydrogens is 508 g/mol. The minimum Gasteiger partial charge on any atom is -0.497 e. The van der Waals surface area contributed by atoms with Crippen molar-refractivity contribution in [2.24, 2.45) is 4.99 Å². The fourth-order valence-corrected chi connectivity index (χ4v) is 5.28. The van der Waals surface area contributed by atoms with Crippen molar-refractivity contribution in [3.8, 4) is 23.0 Å². The Morgan fingerprint density at radius 2 is 1.71 bits per heavy atom. The Morgan fingerprint density at radius 3 is 2.26 bits per heavy atom. The highest BCUT2D eigenvalue weighted by Crippen LogP contribution is 2.38. The van der Waals surface area contributed by atoms with Crippen molar-refractivity contribution in [3.63, 3.8) is 0 Å². The van der Waals surface area contributed by atoms with E-state index in [0.29, 0.717) is 49.2 Å². The maximum atomic E-state index is 13.8. The zero-order valence-electron chi connectivity index (χ0n) is 21.8. The summed E-state index contributed by atoms with van der Waals surface area (Å²) in [5.74, 6) is 1.47. The fraction of sp³-hybridized carbons (Fsp3) is 0.250. The summed E-state index contributed by atoms with van der Waals surface area (Å²) in [6.45, 7) is 5.38. The Bertz CT molecular complexity index is 1560. The summed E-state index contributed by atoms with van der Waals surface area (Å²) in [6.07, 6.45) is 3.22. The van der Waals surface area contributed by atoms with Crippen molar-refractivity contribution in [1.82, 2.24) is 4.57 Å². The van der Waals surface area contributed by atoms with Crippen LogP contribution in [0.15, 0.2) is 70.1 Å². The van der Waals surface area contributed by atoms with Crippen molar-refractivity contribution in [1.29, 1.82) is 0 Å². The monoisotopic (exact) mass is 536 g/mol. The van der Waals surface area contributed by atoms with E-state index in [0.717, 1.165) is 0 Å². The molecule has 4 rings (SSSR count). The normalized spacial score (nSPS) is 14.9. The van der Waals surface area contributed by atoms with Gasteiger partial charge >= 0.3 is 5.97 Å². The van der Waals surface area contributed by atoms with E-state index in [4.69, 9.17) is 23.7 Å². The molecule has 0 radical (unpaired) electrons. The zero-order valence-corrected chi connectivity index (χ0v) is 22.6.